The molecule has 0 bridgehead atoms. The Morgan fingerprint density at radius 3 is 2.75 bits per heavy atom. The van der Waals surface area contributed by atoms with Crippen LogP contribution in [0.4, 0.5) is 11.4 Å². The van der Waals surface area contributed by atoms with E-state index in [0.717, 1.165) is 0 Å². The third kappa shape index (κ3) is 1.85. The van der Waals surface area contributed by atoms with Crippen molar-refractivity contribution in [3.05, 3.63) is 34.4 Å². The normalized spacial score (nSPS) is 9.42. The largest absolute Gasteiger partial charge is 0.366 e. The van der Waals surface area contributed by atoms with Gasteiger partial charge in [0.25, 0.3) is 5.69 Å². The van der Waals surface area contributed by atoms with Crippen molar-refractivity contribution in [3.8, 4) is 0 Å². The lowest BCUT2D eigenvalue weighted by Gasteiger charge is -2.01. The molecule has 1 aromatic rings. The van der Waals surface area contributed by atoms with Crippen LogP contribution in [0.25, 0.3) is 0 Å². The second kappa shape index (κ2) is 3.92. The topological polar surface area (TPSA) is 55.2 Å². The van der Waals surface area contributed by atoms with Crippen LogP contribution >= 0.6 is 11.6 Å². The Morgan fingerprint density at radius 1 is 1.50 bits per heavy atom. The molecule has 0 atom stereocenters. The lowest BCUT2D eigenvalue weighted by Crippen LogP contribution is -1.98. The van der Waals surface area contributed by atoms with Gasteiger partial charge in [0.1, 0.15) is 5.69 Å². The third-order valence-corrected chi connectivity index (χ3v) is 1.49. The lowest BCUT2D eigenvalue weighted by atomic mass is 10.3. The molecule has 0 unspecified atom stereocenters. The molecule has 64 valence electrons. The number of nitrogens with one attached hydrogen (secondary N) is 1. The minimum absolute atomic E-state index is 0.0400. The van der Waals surface area contributed by atoms with Crippen molar-refractivity contribution in [2.75, 3.05) is 11.3 Å². The van der Waals surface area contributed by atoms with Gasteiger partial charge >= 0.3 is 0 Å². The number of hydrogen-bond acceptors (Lipinski definition) is 3. The average Bonchev–Trinajstić information content (AvgIpc) is 2.05. The maximum Gasteiger partial charge on any atom is 0.292 e. The van der Waals surface area contributed by atoms with Crippen molar-refractivity contribution < 1.29 is 4.92 Å². The fourth-order valence-corrected chi connectivity index (χ4v) is 0.998. The van der Waals surface area contributed by atoms with Gasteiger partial charge in [0.15, 0.2) is 0 Å². The fraction of sp³-hybridized carbons (Fsp3) is 0.143. The molecule has 0 aliphatic rings. The summed E-state index contributed by atoms with van der Waals surface area (Å²) in [5.74, 6) is 0. The van der Waals surface area contributed by atoms with Gasteiger partial charge in [-0.15, -0.1) is 11.6 Å². The Labute approximate surface area is 74.3 Å². The first-order valence-corrected chi connectivity index (χ1v) is 3.82. The molecule has 0 saturated carbocycles. The van der Waals surface area contributed by atoms with Crippen LogP contribution in [0.1, 0.15) is 0 Å². The molecule has 0 aromatic heterocycles. The highest BCUT2D eigenvalue weighted by atomic mass is 35.5. The number of benzene rings is 1. The highest BCUT2D eigenvalue weighted by molar-refractivity contribution is 6.18. The predicted octanol–water partition coefficient (Wildman–Crippen LogP) is 2.20. The second-order valence-electron chi connectivity index (χ2n) is 2.08. The van der Waals surface area contributed by atoms with Gasteiger partial charge in [0.2, 0.25) is 0 Å². The Balaban J connectivity index is 3.00. The lowest BCUT2D eigenvalue weighted by molar-refractivity contribution is -0.383. The third-order valence-electron chi connectivity index (χ3n) is 1.36. The number of rotatable bonds is 3. The van der Waals surface area contributed by atoms with Crippen LogP contribution in [0.2, 0.25) is 0 Å². The summed E-state index contributed by atoms with van der Waals surface area (Å²) < 4.78 is 0. The molecule has 0 aliphatic heterocycles. The van der Waals surface area contributed by atoms with Crippen LogP contribution in [0, 0.1) is 10.1 Å². The number of para-hydroxylation sites is 2. The molecule has 0 amide bonds. The van der Waals surface area contributed by atoms with E-state index in [2.05, 4.69) is 5.32 Å². The number of nitro groups is 1. The van der Waals surface area contributed by atoms with Gasteiger partial charge in [0.05, 0.1) is 10.9 Å². The summed E-state index contributed by atoms with van der Waals surface area (Å²) in [6, 6.07) is 6.51. The van der Waals surface area contributed by atoms with E-state index in [-0.39, 0.29) is 11.7 Å². The summed E-state index contributed by atoms with van der Waals surface area (Å²) in [6.07, 6.45) is 0. The van der Waals surface area contributed by atoms with Crippen LogP contribution in [0.5, 0.6) is 0 Å². The molecule has 4 nitrogen and oxygen atoms in total. The summed E-state index contributed by atoms with van der Waals surface area (Å²) in [4.78, 5) is 9.97. The number of anilines is 1. The summed E-state index contributed by atoms with van der Waals surface area (Å²) in [6.45, 7) is 0. The molecule has 0 heterocycles. The minimum Gasteiger partial charge on any atom is -0.366 e. The molecule has 0 radical (unpaired) electrons. The van der Waals surface area contributed by atoms with E-state index in [4.69, 9.17) is 11.6 Å². The first-order chi connectivity index (χ1) is 5.75. The number of nitrogens with zero attached hydrogens (tertiary/aromatic N) is 1. The monoisotopic (exact) mass is 186 g/mol. The van der Waals surface area contributed by atoms with E-state index in [1.165, 1.54) is 6.07 Å². The first-order valence-electron chi connectivity index (χ1n) is 3.29. The summed E-state index contributed by atoms with van der Waals surface area (Å²) in [5.41, 5.74) is 0.482. The van der Waals surface area contributed by atoms with Gasteiger partial charge in [-0.2, -0.15) is 0 Å². The Kier molecular flexibility index (Phi) is 2.88. The highest BCUT2D eigenvalue weighted by Gasteiger charge is 2.10. The van der Waals surface area contributed by atoms with E-state index < -0.39 is 4.92 Å². The number of hydrogen-bond donors (Lipinski definition) is 1. The smallest absolute Gasteiger partial charge is 0.292 e. The van der Waals surface area contributed by atoms with Crippen molar-refractivity contribution in [2.45, 2.75) is 0 Å². The molecule has 0 fully saturated rings. The van der Waals surface area contributed by atoms with Gasteiger partial charge < -0.3 is 5.32 Å². The summed E-state index contributed by atoms with van der Waals surface area (Å²) in [7, 11) is 0. The summed E-state index contributed by atoms with van der Waals surface area (Å²) in [5, 5.41) is 13.1. The van der Waals surface area contributed by atoms with Gasteiger partial charge in [0, 0.05) is 6.07 Å². The maximum atomic E-state index is 10.4. The SMILES string of the molecule is O=[N+]([O-])c1ccccc1NCCl. The number of alkyl halides is 1. The average molecular weight is 187 g/mol. The minimum atomic E-state index is -0.450. The van der Waals surface area contributed by atoms with Crippen molar-refractivity contribution in [1.29, 1.82) is 0 Å². The van der Waals surface area contributed by atoms with Gasteiger partial charge in [-0.25, -0.2) is 0 Å². The Morgan fingerprint density at radius 2 is 2.17 bits per heavy atom. The number of nitro benzene ring substituents is 1. The van der Waals surface area contributed by atoms with Crippen LogP contribution in [0.3, 0.4) is 0 Å². The predicted molar refractivity (Wildman–Crippen MR) is 47.4 cm³/mol. The molecule has 1 N–H and O–H groups in total. The van der Waals surface area contributed by atoms with Crippen LogP contribution in [0.15, 0.2) is 24.3 Å². The molecular formula is C7H7ClN2O2. The van der Waals surface area contributed by atoms with Gasteiger partial charge in [-0.1, -0.05) is 12.1 Å². The van der Waals surface area contributed by atoms with Crippen molar-refractivity contribution in [2.24, 2.45) is 0 Å². The number of halogens is 1. The first kappa shape index (κ1) is 8.80. The van der Waals surface area contributed by atoms with Crippen molar-refractivity contribution >= 4 is 23.0 Å². The van der Waals surface area contributed by atoms with Crippen LogP contribution in [-0.4, -0.2) is 10.9 Å². The molecule has 0 spiro atoms. The standard InChI is InChI=1S/C7H7ClN2O2/c8-5-9-6-3-1-2-4-7(6)10(11)12/h1-4,9H,5H2. The molecule has 0 aliphatic carbocycles. The van der Waals surface area contributed by atoms with Crippen LogP contribution < -0.4 is 5.32 Å². The van der Waals surface area contributed by atoms with E-state index in [1.807, 2.05) is 0 Å². The molecule has 1 rings (SSSR count). The van der Waals surface area contributed by atoms with E-state index in [1.54, 1.807) is 18.2 Å². The Hall–Kier alpha value is -1.29. The van der Waals surface area contributed by atoms with Gasteiger partial charge in [-0.05, 0) is 6.07 Å². The molecule has 0 saturated heterocycles. The van der Waals surface area contributed by atoms with E-state index >= 15 is 0 Å². The molecule has 5 heteroatoms. The van der Waals surface area contributed by atoms with Crippen molar-refractivity contribution in [3.63, 3.8) is 0 Å². The summed E-state index contributed by atoms with van der Waals surface area (Å²) >= 11 is 5.38. The van der Waals surface area contributed by atoms with Gasteiger partial charge in [-0.3, -0.25) is 10.1 Å². The zero-order valence-electron chi connectivity index (χ0n) is 6.16. The fourth-order valence-electron chi connectivity index (χ4n) is 0.854. The Bertz CT molecular complexity index is 290. The van der Waals surface area contributed by atoms with E-state index in [0.29, 0.717) is 5.69 Å². The quantitative estimate of drug-likeness (QED) is 0.341. The molecule has 12 heavy (non-hydrogen) atoms. The highest BCUT2D eigenvalue weighted by Crippen LogP contribution is 2.22. The molecular weight excluding hydrogens is 180 g/mol. The van der Waals surface area contributed by atoms with Crippen LogP contribution in [-0.2, 0) is 0 Å². The second-order valence-corrected chi connectivity index (χ2v) is 2.35. The zero-order valence-corrected chi connectivity index (χ0v) is 6.91. The van der Waals surface area contributed by atoms with Crippen molar-refractivity contribution in [1.82, 2.24) is 0 Å². The van der Waals surface area contributed by atoms with E-state index in [9.17, 15) is 10.1 Å². The molecule has 1 aromatic carbocycles. The maximum absolute atomic E-state index is 10.4. The zero-order chi connectivity index (χ0) is 8.97.